The highest BCUT2D eigenvalue weighted by molar-refractivity contribution is 5.40. The van der Waals surface area contributed by atoms with Crippen LogP contribution in [0, 0.1) is 5.82 Å². The van der Waals surface area contributed by atoms with Gasteiger partial charge in [-0.15, -0.1) is 0 Å². The molecule has 0 amide bonds. The molecule has 0 unspecified atom stereocenters. The van der Waals surface area contributed by atoms with Crippen molar-refractivity contribution >= 4 is 11.8 Å². The van der Waals surface area contributed by atoms with Gasteiger partial charge in [0.05, 0.1) is 12.3 Å². The van der Waals surface area contributed by atoms with Crippen LogP contribution in [0.25, 0.3) is 0 Å². The van der Waals surface area contributed by atoms with Crippen molar-refractivity contribution in [3.63, 3.8) is 0 Å². The number of aromatic nitrogens is 2. The van der Waals surface area contributed by atoms with Gasteiger partial charge in [0, 0.05) is 6.04 Å². The van der Waals surface area contributed by atoms with Gasteiger partial charge in [0.2, 0.25) is 5.95 Å². The van der Waals surface area contributed by atoms with E-state index in [1.54, 1.807) is 0 Å². The predicted octanol–water partition coefficient (Wildman–Crippen LogP) is 0.133. The lowest BCUT2D eigenvalue weighted by Crippen LogP contribution is -2.39. The topological polar surface area (TPSA) is 84.1 Å². The zero-order valence-electron chi connectivity index (χ0n) is 7.44. The van der Waals surface area contributed by atoms with Crippen LogP contribution in [0.15, 0.2) is 6.20 Å². The summed E-state index contributed by atoms with van der Waals surface area (Å²) in [6.45, 7) is 0. The second-order valence-electron chi connectivity index (χ2n) is 3.39. The van der Waals surface area contributed by atoms with E-state index in [2.05, 4.69) is 15.3 Å². The monoisotopic (exact) mass is 198 g/mol. The lowest BCUT2D eigenvalue weighted by Gasteiger charge is -2.32. The van der Waals surface area contributed by atoms with Crippen LogP contribution < -0.4 is 11.1 Å². The molecule has 0 spiro atoms. The number of anilines is 2. The number of halogens is 1. The summed E-state index contributed by atoms with van der Waals surface area (Å²) in [4.78, 5) is 7.23. The van der Waals surface area contributed by atoms with Gasteiger partial charge in [-0.25, -0.2) is 9.37 Å². The fraction of sp³-hybridized carbons (Fsp3) is 0.500. The molecule has 4 N–H and O–H groups in total. The van der Waals surface area contributed by atoms with Gasteiger partial charge in [-0.3, -0.25) is 0 Å². The molecule has 2 rings (SSSR count). The van der Waals surface area contributed by atoms with Crippen molar-refractivity contribution in [2.24, 2.45) is 0 Å². The third-order valence-electron chi connectivity index (χ3n) is 2.22. The number of nitrogens with one attached hydrogen (secondary N) is 1. The first-order chi connectivity index (χ1) is 6.65. The summed E-state index contributed by atoms with van der Waals surface area (Å²) in [5.41, 5.74) is 5.31. The molecule has 0 saturated heterocycles. The van der Waals surface area contributed by atoms with Gasteiger partial charge < -0.3 is 16.2 Å². The molecule has 0 radical (unpaired) electrons. The summed E-state index contributed by atoms with van der Waals surface area (Å²) in [7, 11) is 0. The number of nitrogens with zero attached hydrogens (tertiary/aromatic N) is 2. The van der Waals surface area contributed by atoms with Crippen LogP contribution in [0.1, 0.15) is 12.8 Å². The van der Waals surface area contributed by atoms with E-state index in [1.165, 1.54) is 0 Å². The third-order valence-corrected chi connectivity index (χ3v) is 2.22. The molecule has 1 heterocycles. The van der Waals surface area contributed by atoms with E-state index in [9.17, 15) is 4.39 Å². The highest BCUT2D eigenvalue weighted by Crippen LogP contribution is 2.24. The Balaban J connectivity index is 2.05. The Bertz CT molecular complexity index is 340. The second-order valence-corrected chi connectivity index (χ2v) is 3.39. The highest BCUT2D eigenvalue weighted by Gasteiger charge is 2.27. The summed E-state index contributed by atoms with van der Waals surface area (Å²) >= 11 is 0. The largest absolute Gasteiger partial charge is 0.393 e. The summed E-state index contributed by atoms with van der Waals surface area (Å²) in [6.07, 6.45) is 1.97. The van der Waals surface area contributed by atoms with Crippen LogP contribution in [-0.2, 0) is 0 Å². The summed E-state index contributed by atoms with van der Waals surface area (Å²) in [5, 5.41) is 11.9. The van der Waals surface area contributed by atoms with Gasteiger partial charge >= 0.3 is 0 Å². The standard InChI is InChI=1S/C8H11FN4O/c9-6-3-11-8(10)13-7(6)12-4-1-5(14)2-4/h3-5,14H,1-2H2,(H3,10,11,12,13). The minimum atomic E-state index is -0.527. The van der Waals surface area contributed by atoms with Crippen molar-refractivity contribution in [3.8, 4) is 0 Å². The highest BCUT2D eigenvalue weighted by atomic mass is 19.1. The molecule has 0 bridgehead atoms. The fourth-order valence-electron chi connectivity index (χ4n) is 1.38. The molecular formula is C8H11FN4O. The normalized spacial score (nSPS) is 25.6. The zero-order valence-corrected chi connectivity index (χ0v) is 7.44. The van der Waals surface area contributed by atoms with Crippen molar-refractivity contribution in [3.05, 3.63) is 12.0 Å². The smallest absolute Gasteiger partial charge is 0.222 e. The number of nitrogen functional groups attached to an aromatic ring is 1. The van der Waals surface area contributed by atoms with Gasteiger partial charge in [-0.05, 0) is 12.8 Å². The number of rotatable bonds is 2. The average molecular weight is 198 g/mol. The van der Waals surface area contributed by atoms with Gasteiger partial charge in [-0.2, -0.15) is 4.98 Å². The lowest BCUT2D eigenvalue weighted by molar-refractivity contribution is 0.0834. The van der Waals surface area contributed by atoms with Crippen LogP contribution >= 0.6 is 0 Å². The Morgan fingerprint density at radius 1 is 1.57 bits per heavy atom. The van der Waals surface area contributed by atoms with E-state index in [-0.39, 0.29) is 23.9 Å². The number of nitrogens with two attached hydrogens (primary N) is 1. The molecule has 0 atom stereocenters. The molecule has 1 fully saturated rings. The number of hydrogen-bond acceptors (Lipinski definition) is 5. The van der Waals surface area contributed by atoms with Crippen molar-refractivity contribution in [2.45, 2.75) is 25.0 Å². The predicted molar refractivity (Wildman–Crippen MR) is 49.1 cm³/mol. The molecule has 5 nitrogen and oxygen atoms in total. The first-order valence-electron chi connectivity index (χ1n) is 4.38. The molecule has 0 aliphatic heterocycles. The molecule has 1 aromatic heterocycles. The van der Waals surface area contributed by atoms with Crippen LogP contribution in [0.5, 0.6) is 0 Å². The maximum Gasteiger partial charge on any atom is 0.222 e. The first kappa shape index (κ1) is 9.14. The van der Waals surface area contributed by atoms with E-state index in [0.29, 0.717) is 12.8 Å². The van der Waals surface area contributed by atoms with E-state index >= 15 is 0 Å². The Morgan fingerprint density at radius 2 is 2.29 bits per heavy atom. The zero-order chi connectivity index (χ0) is 10.1. The van der Waals surface area contributed by atoms with Crippen LogP contribution in [-0.4, -0.2) is 27.2 Å². The average Bonchev–Trinajstić information content (AvgIpc) is 2.09. The number of hydrogen-bond donors (Lipinski definition) is 3. The quantitative estimate of drug-likeness (QED) is 0.629. The molecule has 1 aromatic rings. The second kappa shape index (κ2) is 3.38. The molecular weight excluding hydrogens is 187 g/mol. The maximum atomic E-state index is 13.1. The van der Waals surface area contributed by atoms with Crippen molar-refractivity contribution in [1.29, 1.82) is 0 Å². The lowest BCUT2D eigenvalue weighted by atomic mass is 9.89. The Morgan fingerprint density at radius 3 is 2.93 bits per heavy atom. The van der Waals surface area contributed by atoms with Gasteiger partial charge in [0.1, 0.15) is 0 Å². The first-order valence-corrected chi connectivity index (χ1v) is 4.38. The van der Waals surface area contributed by atoms with E-state index in [1.807, 2.05) is 0 Å². The van der Waals surface area contributed by atoms with E-state index in [0.717, 1.165) is 6.20 Å². The molecule has 1 saturated carbocycles. The summed E-state index contributed by atoms with van der Waals surface area (Å²) < 4.78 is 13.1. The van der Waals surface area contributed by atoms with Crippen LogP contribution in [0.3, 0.4) is 0 Å². The molecule has 14 heavy (non-hydrogen) atoms. The molecule has 0 aromatic carbocycles. The van der Waals surface area contributed by atoms with E-state index < -0.39 is 5.82 Å². The van der Waals surface area contributed by atoms with Crippen LogP contribution in [0.2, 0.25) is 0 Å². The van der Waals surface area contributed by atoms with Crippen molar-refractivity contribution in [1.82, 2.24) is 9.97 Å². The SMILES string of the molecule is Nc1ncc(F)c(NC2CC(O)C2)n1. The molecule has 6 heteroatoms. The minimum Gasteiger partial charge on any atom is -0.393 e. The minimum absolute atomic E-state index is 0.0359. The Hall–Kier alpha value is -1.43. The van der Waals surface area contributed by atoms with Gasteiger partial charge in [0.25, 0.3) is 0 Å². The van der Waals surface area contributed by atoms with E-state index in [4.69, 9.17) is 10.8 Å². The maximum absolute atomic E-state index is 13.1. The Kier molecular flexibility index (Phi) is 2.20. The fourth-order valence-corrected chi connectivity index (χ4v) is 1.38. The molecule has 1 aliphatic rings. The van der Waals surface area contributed by atoms with Crippen LogP contribution in [0.4, 0.5) is 16.2 Å². The van der Waals surface area contributed by atoms with Gasteiger partial charge in [-0.1, -0.05) is 0 Å². The van der Waals surface area contributed by atoms with Crippen molar-refractivity contribution < 1.29 is 9.50 Å². The van der Waals surface area contributed by atoms with Crippen molar-refractivity contribution in [2.75, 3.05) is 11.1 Å². The molecule has 76 valence electrons. The third kappa shape index (κ3) is 1.74. The Labute approximate surface area is 80.2 Å². The summed E-state index contributed by atoms with van der Waals surface area (Å²) in [6, 6.07) is 0.0776. The summed E-state index contributed by atoms with van der Waals surface area (Å²) in [5.74, 6) is -0.385. The number of aliphatic hydroxyl groups is 1. The van der Waals surface area contributed by atoms with Gasteiger partial charge in [0.15, 0.2) is 11.6 Å². The number of aliphatic hydroxyl groups excluding tert-OH is 1. The molecule has 1 aliphatic carbocycles.